The quantitative estimate of drug-likeness (QED) is 0.794. The fourth-order valence-electron chi connectivity index (χ4n) is 1.34. The Labute approximate surface area is 101 Å². The van der Waals surface area contributed by atoms with E-state index in [4.69, 9.17) is 11.6 Å². The Balaban J connectivity index is 2.48. The van der Waals surface area contributed by atoms with E-state index in [0.29, 0.717) is 5.88 Å². The Hall–Kier alpha value is -0.870. The Morgan fingerprint density at radius 2 is 2.27 bits per heavy atom. The summed E-state index contributed by atoms with van der Waals surface area (Å²) in [5, 5.41) is 4.17. The molecular formula is C10H9BrClN3. The van der Waals surface area contributed by atoms with Gasteiger partial charge in [0.15, 0.2) is 5.82 Å². The summed E-state index contributed by atoms with van der Waals surface area (Å²) in [6, 6.07) is 3.90. The van der Waals surface area contributed by atoms with Gasteiger partial charge >= 0.3 is 0 Å². The van der Waals surface area contributed by atoms with E-state index in [1.54, 1.807) is 10.9 Å². The van der Waals surface area contributed by atoms with Crippen molar-refractivity contribution >= 4 is 27.5 Å². The molecule has 0 aliphatic heterocycles. The molecule has 0 saturated heterocycles. The van der Waals surface area contributed by atoms with Crippen molar-refractivity contribution in [3.05, 3.63) is 40.3 Å². The van der Waals surface area contributed by atoms with E-state index in [1.807, 2.05) is 25.3 Å². The molecule has 0 radical (unpaired) electrons. The number of hydrogen-bond donors (Lipinski definition) is 0. The molecule has 0 aliphatic rings. The van der Waals surface area contributed by atoms with E-state index >= 15 is 0 Å². The molecule has 3 nitrogen and oxygen atoms in total. The molecule has 2 heterocycles. The second-order valence-electron chi connectivity index (χ2n) is 3.21. The molecule has 0 fully saturated rings. The Morgan fingerprint density at radius 3 is 2.87 bits per heavy atom. The van der Waals surface area contributed by atoms with E-state index in [-0.39, 0.29) is 0 Å². The van der Waals surface area contributed by atoms with E-state index in [1.165, 1.54) is 0 Å². The molecule has 15 heavy (non-hydrogen) atoms. The smallest absolute Gasteiger partial charge is 0.153 e. The van der Waals surface area contributed by atoms with Gasteiger partial charge in [-0.25, -0.2) is 9.67 Å². The van der Waals surface area contributed by atoms with Gasteiger partial charge < -0.3 is 0 Å². The fraction of sp³-hybridized carbons (Fsp3) is 0.200. The van der Waals surface area contributed by atoms with Crippen LogP contribution in [0.1, 0.15) is 11.3 Å². The van der Waals surface area contributed by atoms with Gasteiger partial charge in [0.05, 0.1) is 10.7 Å². The van der Waals surface area contributed by atoms with Gasteiger partial charge in [-0.05, 0) is 40.5 Å². The second-order valence-corrected chi connectivity index (χ2v) is 4.39. The van der Waals surface area contributed by atoms with Gasteiger partial charge in [-0.15, -0.1) is 11.6 Å². The minimum atomic E-state index is 0.485. The summed E-state index contributed by atoms with van der Waals surface area (Å²) in [5.74, 6) is 1.27. The molecular weight excluding hydrogens is 277 g/mol. The van der Waals surface area contributed by atoms with E-state index in [0.717, 1.165) is 21.5 Å². The summed E-state index contributed by atoms with van der Waals surface area (Å²) < 4.78 is 2.64. The summed E-state index contributed by atoms with van der Waals surface area (Å²) in [6.45, 7) is 1.94. The maximum Gasteiger partial charge on any atom is 0.153 e. The zero-order valence-corrected chi connectivity index (χ0v) is 10.5. The van der Waals surface area contributed by atoms with Crippen LogP contribution in [0.15, 0.2) is 29.0 Å². The van der Waals surface area contributed by atoms with Crippen molar-refractivity contribution in [1.29, 1.82) is 0 Å². The van der Waals surface area contributed by atoms with Gasteiger partial charge in [0.25, 0.3) is 0 Å². The average Bonchev–Trinajstić information content (AvgIpc) is 2.64. The zero-order chi connectivity index (χ0) is 10.8. The van der Waals surface area contributed by atoms with Crippen LogP contribution in [0.5, 0.6) is 0 Å². The first kappa shape index (κ1) is 10.6. The number of alkyl halides is 1. The lowest BCUT2D eigenvalue weighted by molar-refractivity contribution is 0.838. The topological polar surface area (TPSA) is 30.7 Å². The van der Waals surface area contributed by atoms with Crippen LogP contribution in [-0.2, 0) is 5.88 Å². The average molecular weight is 287 g/mol. The van der Waals surface area contributed by atoms with Crippen molar-refractivity contribution in [1.82, 2.24) is 14.8 Å². The highest BCUT2D eigenvalue weighted by Crippen LogP contribution is 2.14. The lowest BCUT2D eigenvalue weighted by Crippen LogP contribution is -2.00. The number of aryl methyl sites for hydroxylation is 1. The van der Waals surface area contributed by atoms with E-state index in [9.17, 15) is 0 Å². The van der Waals surface area contributed by atoms with Crippen LogP contribution in [0.2, 0.25) is 0 Å². The van der Waals surface area contributed by atoms with Crippen LogP contribution >= 0.6 is 27.5 Å². The molecule has 0 aromatic carbocycles. The van der Waals surface area contributed by atoms with Gasteiger partial charge in [0, 0.05) is 17.8 Å². The van der Waals surface area contributed by atoms with Gasteiger partial charge in [-0.2, -0.15) is 5.10 Å². The SMILES string of the molecule is Cc1cc(CCl)cc(-n2cc(Br)cn2)n1. The van der Waals surface area contributed by atoms with Gasteiger partial charge in [-0.1, -0.05) is 0 Å². The summed E-state index contributed by atoms with van der Waals surface area (Å²) in [4.78, 5) is 4.39. The van der Waals surface area contributed by atoms with Gasteiger partial charge in [-0.3, -0.25) is 0 Å². The Bertz CT molecular complexity index is 481. The van der Waals surface area contributed by atoms with Crippen LogP contribution < -0.4 is 0 Å². The van der Waals surface area contributed by atoms with Crippen molar-refractivity contribution < 1.29 is 0 Å². The number of nitrogens with zero attached hydrogens (tertiary/aromatic N) is 3. The predicted octanol–water partition coefficient (Wildman–Crippen LogP) is 3.08. The third kappa shape index (κ3) is 2.38. The van der Waals surface area contributed by atoms with Crippen molar-refractivity contribution in [3.63, 3.8) is 0 Å². The molecule has 2 rings (SSSR count). The van der Waals surface area contributed by atoms with Crippen LogP contribution in [-0.4, -0.2) is 14.8 Å². The summed E-state index contributed by atoms with van der Waals surface area (Å²) in [5.41, 5.74) is 1.99. The zero-order valence-electron chi connectivity index (χ0n) is 8.11. The number of rotatable bonds is 2. The minimum Gasteiger partial charge on any atom is -0.234 e. The Morgan fingerprint density at radius 1 is 1.47 bits per heavy atom. The molecule has 78 valence electrons. The number of halogens is 2. The first-order valence-corrected chi connectivity index (χ1v) is 5.76. The Kier molecular flexibility index (Phi) is 3.07. The molecule has 0 saturated carbocycles. The highest BCUT2D eigenvalue weighted by Gasteiger charge is 2.03. The normalized spacial score (nSPS) is 10.6. The third-order valence-electron chi connectivity index (χ3n) is 1.94. The summed E-state index contributed by atoms with van der Waals surface area (Å²) in [6.07, 6.45) is 3.59. The van der Waals surface area contributed by atoms with Crippen LogP contribution in [0, 0.1) is 6.92 Å². The molecule has 0 amide bonds. The van der Waals surface area contributed by atoms with Crippen LogP contribution in [0.3, 0.4) is 0 Å². The van der Waals surface area contributed by atoms with Gasteiger partial charge in [0.1, 0.15) is 0 Å². The maximum atomic E-state index is 5.80. The molecule has 5 heteroatoms. The molecule has 0 bridgehead atoms. The summed E-state index contributed by atoms with van der Waals surface area (Å²) in [7, 11) is 0. The summed E-state index contributed by atoms with van der Waals surface area (Å²) >= 11 is 9.14. The first-order chi connectivity index (χ1) is 7.19. The van der Waals surface area contributed by atoms with Gasteiger partial charge in [0.2, 0.25) is 0 Å². The fourth-order valence-corrected chi connectivity index (χ4v) is 1.78. The van der Waals surface area contributed by atoms with Crippen molar-refractivity contribution in [2.75, 3.05) is 0 Å². The predicted molar refractivity (Wildman–Crippen MR) is 63.4 cm³/mol. The molecule has 0 atom stereocenters. The standard InChI is InChI=1S/C10H9BrClN3/c1-7-2-8(4-12)3-10(14-7)15-6-9(11)5-13-15/h2-3,5-6H,4H2,1H3. The molecule has 0 N–H and O–H groups in total. The highest BCUT2D eigenvalue weighted by atomic mass is 79.9. The third-order valence-corrected chi connectivity index (χ3v) is 2.66. The molecule has 0 spiro atoms. The largest absolute Gasteiger partial charge is 0.234 e. The number of aromatic nitrogens is 3. The molecule has 2 aromatic heterocycles. The minimum absolute atomic E-state index is 0.485. The van der Waals surface area contributed by atoms with E-state index in [2.05, 4.69) is 26.0 Å². The molecule has 2 aromatic rings. The van der Waals surface area contributed by atoms with Crippen LogP contribution in [0.4, 0.5) is 0 Å². The number of pyridine rings is 1. The monoisotopic (exact) mass is 285 g/mol. The van der Waals surface area contributed by atoms with Crippen LogP contribution in [0.25, 0.3) is 5.82 Å². The second kappa shape index (κ2) is 4.33. The first-order valence-electron chi connectivity index (χ1n) is 4.43. The van der Waals surface area contributed by atoms with E-state index < -0.39 is 0 Å². The molecule has 0 aliphatic carbocycles. The molecule has 0 unspecified atom stereocenters. The lowest BCUT2D eigenvalue weighted by atomic mass is 10.2. The number of hydrogen-bond acceptors (Lipinski definition) is 2. The van der Waals surface area contributed by atoms with Crippen molar-refractivity contribution in [2.45, 2.75) is 12.8 Å². The highest BCUT2D eigenvalue weighted by molar-refractivity contribution is 9.10. The van der Waals surface area contributed by atoms with Crippen molar-refractivity contribution in [2.24, 2.45) is 0 Å². The maximum absolute atomic E-state index is 5.80. The lowest BCUT2D eigenvalue weighted by Gasteiger charge is -2.04. The van der Waals surface area contributed by atoms with Crippen molar-refractivity contribution in [3.8, 4) is 5.82 Å².